The lowest BCUT2D eigenvalue weighted by atomic mass is 10.1. The van der Waals surface area contributed by atoms with Gasteiger partial charge in [0.25, 0.3) is 0 Å². The minimum atomic E-state index is -4.66. The standard InChI is InChI=1S/C15H15F3N4O2/c1-9-3-2-4-10(5-9)7-19-12-6-11(15(16,17)18)21-14(22-12)20-8-13(23)24/h2-6H,7-8H2,1H3,(H,23,24)(H2,19,20,21,22). The van der Waals surface area contributed by atoms with Crippen LogP contribution in [-0.2, 0) is 17.5 Å². The van der Waals surface area contributed by atoms with Crippen molar-refractivity contribution >= 4 is 17.7 Å². The van der Waals surface area contributed by atoms with Gasteiger partial charge in [0.05, 0.1) is 0 Å². The zero-order valence-corrected chi connectivity index (χ0v) is 12.7. The van der Waals surface area contributed by atoms with E-state index in [1.54, 1.807) is 0 Å². The van der Waals surface area contributed by atoms with Crippen molar-refractivity contribution in [3.63, 3.8) is 0 Å². The average Bonchev–Trinajstić information content (AvgIpc) is 2.50. The molecule has 6 nitrogen and oxygen atoms in total. The van der Waals surface area contributed by atoms with Crippen molar-refractivity contribution in [3.05, 3.63) is 47.2 Å². The monoisotopic (exact) mass is 340 g/mol. The first-order chi connectivity index (χ1) is 11.2. The Bertz CT molecular complexity index is 735. The van der Waals surface area contributed by atoms with Crippen LogP contribution in [0.1, 0.15) is 16.8 Å². The molecule has 0 aliphatic rings. The van der Waals surface area contributed by atoms with Crippen LogP contribution < -0.4 is 10.6 Å². The Morgan fingerprint density at radius 2 is 1.96 bits per heavy atom. The van der Waals surface area contributed by atoms with Crippen LogP contribution in [-0.4, -0.2) is 27.6 Å². The summed E-state index contributed by atoms with van der Waals surface area (Å²) in [7, 11) is 0. The zero-order chi connectivity index (χ0) is 17.7. The van der Waals surface area contributed by atoms with Gasteiger partial charge in [-0.3, -0.25) is 4.79 Å². The largest absolute Gasteiger partial charge is 0.480 e. The van der Waals surface area contributed by atoms with Crippen LogP contribution in [0.5, 0.6) is 0 Å². The smallest absolute Gasteiger partial charge is 0.433 e. The van der Waals surface area contributed by atoms with E-state index < -0.39 is 30.3 Å². The molecule has 2 aromatic rings. The lowest BCUT2D eigenvalue weighted by molar-refractivity contribution is -0.141. The van der Waals surface area contributed by atoms with Crippen molar-refractivity contribution in [1.82, 2.24) is 9.97 Å². The van der Waals surface area contributed by atoms with Gasteiger partial charge in [0.2, 0.25) is 5.95 Å². The summed E-state index contributed by atoms with van der Waals surface area (Å²) < 4.78 is 38.7. The number of aliphatic carboxylic acids is 1. The number of aryl methyl sites for hydroxylation is 1. The number of carbonyl (C=O) groups is 1. The van der Waals surface area contributed by atoms with Gasteiger partial charge in [-0.25, -0.2) is 4.98 Å². The molecule has 2 rings (SSSR count). The molecule has 0 saturated heterocycles. The lowest BCUT2D eigenvalue weighted by Crippen LogP contribution is -2.18. The first-order valence-electron chi connectivity index (χ1n) is 6.95. The Kier molecular flexibility index (Phi) is 5.22. The summed E-state index contributed by atoms with van der Waals surface area (Å²) in [6.07, 6.45) is -4.66. The van der Waals surface area contributed by atoms with Crippen LogP contribution >= 0.6 is 0 Å². The van der Waals surface area contributed by atoms with Crippen LogP contribution in [0, 0.1) is 6.92 Å². The molecule has 1 aromatic carbocycles. The Morgan fingerprint density at radius 3 is 2.58 bits per heavy atom. The van der Waals surface area contributed by atoms with Crippen LogP contribution in [0.2, 0.25) is 0 Å². The molecule has 0 unspecified atom stereocenters. The molecule has 0 bridgehead atoms. The van der Waals surface area contributed by atoms with E-state index in [9.17, 15) is 18.0 Å². The van der Waals surface area contributed by atoms with E-state index in [1.165, 1.54) is 0 Å². The summed E-state index contributed by atoms with van der Waals surface area (Å²) in [5, 5.41) is 13.6. The molecule has 128 valence electrons. The highest BCUT2D eigenvalue weighted by atomic mass is 19.4. The molecule has 9 heteroatoms. The highest BCUT2D eigenvalue weighted by molar-refractivity contribution is 5.71. The van der Waals surface area contributed by atoms with Crippen molar-refractivity contribution in [2.75, 3.05) is 17.2 Å². The van der Waals surface area contributed by atoms with Crippen molar-refractivity contribution in [2.45, 2.75) is 19.6 Å². The third-order valence-electron chi connectivity index (χ3n) is 2.97. The Labute approximate surface area is 135 Å². The number of hydrogen-bond donors (Lipinski definition) is 3. The first kappa shape index (κ1) is 17.5. The number of anilines is 2. The maximum absolute atomic E-state index is 12.9. The Morgan fingerprint density at radius 1 is 1.21 bits per heavy atom. The number of aromatic nitrogens is 2. The van der Waals surface area contributed by atoms with Crippen molar-refractivity contribution in [2.24, 2.45) is 0 Å². The number of nitrogens with one attached hydrogen (secondary N) is 2. The summed E-state index contributed by atoms with van der Waals surface area (Å²) in [6, 6.07) is 8.25. The first-order valence-corrected chi connectivity index (χ1v) is 6.95. The maximum Gasteiger partial charge on any atom is 0.433 e. The molecule has 0 radical (unpaired) electrons. The van der Waals surface area contributed by atoms with Gasteiger partial charge >= 0.3 is 12.1 Å². The number of carboxylic acids is 1. The fraction of sp³-hybridized carbons (Fsp3) is 0.267. The second-order valence-corrected chi connectivity index (χ2v) is 5.05. The van der Waals surface area contributed by atoms with E-state index in [-0.39, 0.29) is 12.4 Å². The van der Waals surface area contributed by atoms with E-state index in [2.05, 4.69) is 20.6 Å². The molecule has 1 aromatic heterocycles. The predicted octanol–water partition coefficient (Wildman–Crippen LogP) is 2.91. The van der Waals surface area contributed by atoms with Crippen LogP contribution in [0.15, 0.2) is 30.3 Å². The molecular weight excluding hydrogens is 325 g/mol. The number of halogens is 3. The molecular formula is C15H15F3N4O2. The van der Waals surface area contributed by atoms with Crippen molar-refractivity contribution < 1.29 is 23.1 Å². The lowest BCUT2D eigenvalue weighted by Gasteiger charge is -2.12. The number of alkyl halides is 3. The molecule has 0 saturated carbocycles. The number of carboxylic acid groups (broad SMARTS) is 1. The van der Waals surface area contributed by atoms with E-state index in [4.69, 9.17) is 5.11 Å². The van der Waals surface area contributed by atoms with Gasteiger partial charge in [-0.1, -0.05) is 29.8 Å². The molecule has 0 aliphatic carbocycles. The molecule has 1 heterocycles. The molecule has 0 aliphatic heterocycles. The third-order valence-corrected chi connectivity index (χ3v) is 2.97. The number of nitrogens with zero attached hydrogens (tertiary/aromatic N) is 2. The van der Waals surface area contributed by atoms with Crippen LogP contribution in [0.3, 0.4) is 0 Å². The highest BCUT2D eigenvalue weighted by Gasteiger charge is 2.33. The Hall–Kier alpha value is -2.84. The van der Waals surface area contributed by atoms with Gasteiger partial charge in [0.15, 0.2) is 5.69 Å². The van der Waals surface area contributed by atoms with Gasteiger partial charge in [0.1, 0.15) is 12.4 Å². The van der Waals surface area contributed by atoms with Gasteiger partial charge in [-0.05, 0) is 12.5 Å². The molecule has 0 amide bonds. The van der Waals surface area contributed by atoms with E-state index in [0.717, 1.165) is 17.2 Å². The summed E-state index contributed by atoms with van der Waals surface area (Å²) in [5.74, 6) is -1.68. The normalized spacial score (nSPS) is 11.2. The van der Waals surface area contributed by atoms with Crippen molar-refractivity contribution in [1.29, 1.82) is 0 Å². The van der Waals surface area contributed by atoms with E-state index in [1.807, 2.05) is 31.2 Å². The van der Waals surface area contributed by atoms with Crippen LogP contribution in [0.25, 0.3) is 0 Å². The third kappa shape index (κ3) is 5.11. The molecule has 0 atom stereocenters. The summed E-state index contributed by atoms with van der Waals surface area (Å²) >= 11 is 0. The second kappa shape index (κ2) is 7.16. The number of benzene rings is 1. The highest BCUT2D eigenvalue weighted by Crippen LogP contribution is 2.29. The predicted molar refractivity (Wildman–Crippen MR) is 81.7 cm³/mol. The van der Waals surface area contributed by atoms with E-state index >= 15 is 0 Å². The molecule has 0 fully saturated rings. The van der Waals surface area contributed by atoms with Crippen LogP contribution in [0.4, 0.5) is 24.9 Å². The quantitative estimate of drug-likeness (QED) is 0.749. The minimum Gasteiger partial charge on any atom is -0.480 e. The zero-order valence-electron chi connectivity index (χ0n) is 12.7. The number of rotatable bonds is 6. The molecule has 0 spiro atoms. The molecule has 24 heavy (non-hydrogen) atoms. The fourth-order valence-electron chi connectivity index (χ4n) is 1.93. The van der Waals surface area contributed by atoms with E-state index in [0.29, 0.717) is 0 Å². The van der Waals surface area contributed by atoms with Gasteiger partial charge < -0.3 is 15.7 Å². The second-order valence-electron chi connectivity index (χ2n) is 5.05. The van der Waals surface area contributed by atoms with Gasteiger partial charge in [0, 0.05) is 12.6 Å². The Balaban J connectivity index is 2.20. The minimum absolute atomic E-state index is 0.0493. The van der Waals surface area contributed by atoms with Crippen molar-refractivity contribution in [3.8, 4) is 0 Å². The SMILES string of the molecule is Cc1cccc(CNc2cc(C(F)(F)F)nc(NCC(=O)O)n2)c1. The summed E-state index contributed by atoms with van der Waals surface area (Å²) in [5.41, 5.74) is 0.746. The fourth-order valence-corrected chi connectivity index (χ4v) is 1.93. The topological polar surface area (TPSA) is 87.1 Å². The molecule has 3 N–H and O–H groups in total. The summed E-state index contributed by atoms with van der Waals surface area (Å²) in [6.45, 7) is 1.59. The maximum atomic E-state index is 12.9. The van der Waals surface area contributed by atoms with Gasteiger partial charge in [-0.15, -0.1) is 0 Å². The van der Waals surface area contributed by atoms with Gasteiger partial charge in [-0.2, -0.15) is 18.2 Å². The summed E-state index contributed by atoms with van der Waals surface area (Å²) in [4.78, 5) is 17.7. The average molecular weight is 340 g/mol. The number of hydrogen-bond acceptors (Lipinski definition) is 5.